The molecule has 2 atom stereocenters. The third-order valence-corrected chi connectivity index (χ3v) is 3.34. The maximum atomic E-state index is 5.87. The molecule has 1 aromatic heterocycles. The Labute approximate surface area is 111 Å². The van der Waals surface area contributed by atoms with Gasteiger partial charge in [-0.05, 0) is 31.4 Å². The van der Waals surface area contributed by atoms with Crippen LogP contribution in [0.15, 0.2) is 12.1 Å². The minimum absolute atomic E-state index is 0.359. The zero-order valence-electron chi connectivity index (χ0n) is 9.75. The van der Waals surface area contributed by atoms with E-state index in [4.69, 9.17) is 27.9 Å². The monoisotopic (exact) mass is 274 g/mol. The fourth-order valence-electron chi connectivity index (χ4n) is 2.05. The molecule has 0 radical (unpaired) electrons. The SMILES string of the molecule is C[C@H]1CCN[C@H](COc2cc(Cl)cc(Cl)n2)C1. The molecule has 3 nitrogen and oxygen atoms in total. The first-order valence-electron chi connectivity index (χ1n) is 5.83. The Morgan fingerprint density at radius 1 is 1.47 bits per heavy atom. The van der Waals surface area contributed by atoms with Crippen LogP contribution in [-0.2, 0) is 0 Å². The molecule has 1 aromatic rings. The van der Waals surface area contributed by atoms with E-state index in [1.807, 2.05) is 0 Å². The fraction of sp³-hybridized carbons (Fsp3) is 0.583. The van der Waals surface area contributed by atoms with Crippen molar-refractivity contribution in [1.29, 1.82) is 0 Å². The second kappa shape index (κ2) is 5.89. The van der Waals surface area contributed by atoms with E-state index in [0.29, 0.717) is 28.7 Å². The smallest absolute Gasteiger partial charge is 0.216 e. The van der Waals surface area contributed by atoms with Crippen molar-refractivity contribution >= 4 is 23.2 Å². The predicted molar refractivity (Wildman–Crippen MR) is 69.9 cm³/mol. The zero-order valence-corrected chi connectivity index (χ0v) is 11.3. The second-order valence-corrected chi connectivity index (χ2v) is 5.36. The summed E-state index contributed by atoms with van der Waals surface area (Å²) in [5.41, 5.74) is 0. The minimum Gasteiger partial charge on any atom is -0.476 e. The number of pyridine rings is 1. The highest BCUT2D eigenvalue weighted by molar-refractivity contribution is 6.34. The Morgan fingerprint density at radius 3 is 3.00 bits per heavy atom. The van der Waals surface area contributed by atoms with Gasteiger partial charge in [-0.25, -0.2) is 4.98 Å². The van der Waals surface area contributed by atoms with Crippen molar-refractivity contribution in [1.82, 2.24) is 10.3 Å². The van der Waals surface area contributed by atoms with Crippen LogP contribution in [0.2, 0.25) is 10.2 Å². The number of aromatic nitrogens is 1. The van der Waals surface area contributed by atoms with Crippen LogP contribution in [0.3, 0.4) is 0 Å². The van der Waals surface area contributed by atoms with Gasteiger partial charge in [0.05, 0.1) is 0 Å². The van der Waals surface area contributed by atoms with Crippen LogP contribution < -0.4 is 10.1 Å². The third-order valence-electron chi connectivity index (χ3n) is 2.92. The summed E-state index contributed by atoms with van der Waals surface area (Å²) < 4.78 is 5.61. The van der Waals surface area contributed by atoms with Crippen molar-refractivity contribution in [2.75, 3.05) is 13.2 Å². The molecule has 0 spiro atoms. The van der Waals surface area contributed by atoms with Crippen LogP contribution in [0.25, 0.3) is 0 Å². The van der Waals surface area contributed by atoms with E-state index in [0.717, 1.165) is 18.9 Å². The molecule has 0 unspecified atom stereocenters. The Morgan fingerprint density at radius 2 is 2.29 bits per heavy atom. The van der Waals surface area contributed by atoms with Crippen molar-refractivity contribution in [3.05, 3.63) is 22.3 Å². The van der Waals surface area contributed by atoms with E-state index in [9.17, 15) is 0 Å². The topological polar surface area (TPSA) is 34.1 Å². The lowest BCUT2D eigenvalue weighted by Crippen LogP contribution is -2.41. The molecular formula is C12H16Cl2N2O. The van der Waals surface area contributed by atoms with Crippen molar-refractivity contribution in [3.63, 3.8) is 0 Å². The Kier molecular flexibility index (Phi) is 4.48. The number of nitrogens with one attached hydrogen (secondary N) is 1. The number of rotatable bonds is 3. The maximum absolute atomic E-state index is 5.87. The summed E-state index contributed by atoms with van der Waals surface area (Å²) in [5, 5.41) is 4.34. The van der Waals surface area contributed by atoms with Gasteiger partial charge in [0.1, 0.15) is 11.8 Å². The standard InChI is InChI=1S/C12H16Cl2N2O/c1-8-2-3-15-10(4-8)7-17-12-6-9(13)5-11(14)16-12/h5-6,8,10,15H,2-4,7H2,1H3/t8-,10-/m0/s1. The van der Waals surface area contributed by atoms with Crippen LogP contribution in [-0.4, -0.2) is 24.2 Å². The summed E-state index contributed by atoms with van der Waals surface area (Å²) in [6.45, 7) is 3.93. The molecule has 0 aromatic carbocycles. The van der Waals surface area contributed by atoms with Gasteiger partial charge in [0.2, 0.25) is 5.88 Å². The average molecular weight is 275 g/mol. The van der Waals surface area contributed by atoms with Crippen molar-refractivity contribution in [2.24, 2.45) is 5.92 Å². The van der Waals surface area contributed by atoms with Crippen LogP contribution >= 0.6 is 23.2 Å². The Bertz CT molecular complexity index is 367. The van der Waals surface area contributed by atoms with Crippen LogP contribution in [0.4, 0.5) is 0 Å². The molecule has 17 heavy (non-hydrogen) atoms. The number of hydrogen-bond acceptors (Lipinski definition) is 3. The van der Waals surface area contributed by atoms with Gasteiger partial charge in [-0.2, -0.15) is 0 Å². The van der Waals surface area contributed by atoms with Crippen molar-refractivity contribution in [2.45, 2.75) is 25.8 Å². The molecule has 5 heteroatoms. The average Bonchev–Trinajstić information content (AvgIpc) is 2.25. The lowest BCUT2D eigenvalue weighted by Gasteiger charge is -2.27. The highest BCUT2D eigenvalue weighted by atomic mass is 35.5. The zero-order chi connectivity index (χ0) is 12.3. The van der Waals surface area contributed by atoms with E-state index in [-0.39, 0.29) is 0 Å². The molecule has 0 aliphatic carbocycles. The molecule has 0 amide bonds. The van der Waals surface area contributed by atoms with Crippen LogP contribution in [0.5, 0.6) is 5.88 Å². The highest BCUT2D eigenvalue weighted by Gasteiger charge is 2.18. The maximum Gasteiger partial charge on any atom is 0.216 e. The first-order chi connectivity index (χ1) is 8.13. The van der Waals surface area contributed by atoms with E-state index in [2.05, 4.69) is 17.2 Å². The molecule has 2 rings (SSSR count). The van der Waals surface area contributed by atoms with E-state index in [1.54, 1.807) is 12.1 Å². The van der Waals surface area contributed by atoms with Crippen molar-refractivity contribution < 1.29 is 4.74 Å². The summed E-state index contributed by atoms with van der Waals surface area (Å²) >= 11 is 11.7. The van der Waals surface area contributed by atoms with Gasteiger partial charge in [0.15, 0.2) is 0 Å². The number of nitrogens with zero attached hydrogens (tertiary/aromatic N) is 1. The molecule has 0 saturated carbocycles. The van der Waals surface area contributed by atoms with Crippen molar-refractivity contribution in [3.8, 4) is 5.88 Å². The van der Waals surface area contributed by atoms with E-state index in [1.165, 1.54) is 6.42 Å². The van der Waals surface area contributed by atoms with E-state index < -0.39 is 0 Å². The molecule has 1 N–H and O–H groups in total. The normalized spacial score (nSPS) is 24.6. The van der Waals surface area contributed by atoms with Crippen LogP contribution in [0.1, 0.15) is 19.8 Å². The predicted octanol–water partition coefficient (Wildman–Crippen LogP) is 3.16. The molecule has 0 bridgehead atoms. The number of halogens is 2. The lowest BCUT2D eigenvalue weighted by molar-refractivity contribution is 0.209. The molecule has 1 saturated heterocycles. The van der Waals surface area contributed by atoms with Gasteiger partial charge >= 0.3 is 0 Å². The van der Waals surface area contributed by atoms with Crippen LogP contribution in [0, 0.1) is 5.92 Å². The molecule has 2 heterocycles. The summed E-state index contributed by atoms with van der Waals surface area (Å²) in [6.07, 6.45) is 2.37. The first kappa shape index (κ1) is 12.9. The molecule has 94 valence electrons. The molecular weight excluding hydrogens is 259 g/mol. The third kappa shape index (κ3) is 4.02. The van der Waals surface area contributed by atoms with Gasteiger partial charge in [0, 0.05) is 17.1 Å². The van der Waals surface area contributed by atoms with Gasteiger partial charge in [-0.3, -0.25) is 0 Å². The minimum atomic E-state index is 0.359. The lowest BCUT2D eigenvalue weighted by atomic mass is 9.95. The summed E-state index contributed by atoms with van der Waals surface area (Å²) in [7, 11) is 0. The van der Waals surface area contributed by atoms with Gasteiger partial charge < -0.3 is 10.1 Å². The summed E-state index contributed by atoms with van der Waals surface area (Å²) in [4.78, 5) is 4.07. The molecule has 1 aliphatic rings. The second-order valence-electron chi connectivity index (χ2n) is 4.54. The van der Waals surface area contributed by atoms with Gasteiger partial charge in [-0.1, -0.05) is 30.1 Å². The Balaban J connectivity index is 1.88. The largest absolute Gasteiger partial charge is 0.476 e. The van der Waals surface area contributed by atoms with Gasteiger partial charge in [-0.15, -0.1) is 0 Å². The fourth-order valence-corrected chi connectivity index (χ4v) is 2.50. The quantitative estimate of drug-likeness (QED) is 0.860. The highest BCUT2D eigenvalue weighted by Crippen LogP contribution is 2.21. The Hall–Kier alpha value is -0.510. The van der Waals surface area contributed by atoms with Gasteiger partial charge in [0.25, 0.3) is 0 Å². The summed E-state index contributed by atoms with van der Waals surface area (Å²) in [5.74, 6) is 1.24. The number of piperidine rings is 1. The van der Waals surface area contributed by atoms with E-state index >= 15 is 0 Å². The number of ether oxygens (including phenoxy) is 1. The first-order valence-corrected chi connectivity index (χ1v) is 6.58. The number of hydrogen-bond donors (Lipinski definition) is 1. The molecule has 1 aliphatic heterocycles. The summed E-state index contributed by atoms with van der Waals surface area (Å²) in [6, 6.07) is 3.66. The molecule has 1 fully saturated rings.